The molecule has 0 unspecified atom stereocenters. The summed E-state index contributed by atoms with van der Waals surface area (Å²) in [6.07, 6.45) is 6.59. The number of nitrogens with zero attached hydrogens (tertiary/aromatic N) is 1. The van der Waals surface area contributed by atoms with E-state index in [1.165, 1.54) is 45.2 Å². The molecule has 102 valence electrons. The molecule has 0 radical (unpaired) electrons. The fraction of sp³-hybridized carbons (Fsp3) is 1.00. The van der Waals surface area contributed by atoms with E-state index < -0.39 is 0 Å². The van der Waals surface area contributed by atoms with Gasteiger partial charge < -0.3 is 5.73 Å². The zero-order chi connectivity index (χ0) is 12.9. The third kappa shape index (κ3) is 4.59. The highest BCUT2D eigenvalue weighted by Gasteiger charge is 2.43. The maximum atomic E-state index is 5.75. The van der Waals surface area contributed by atoms with Crippen LogP contribution in [0.5, 0.6) is 0 Å². The van der Waals surface area contributed by atoms with E-state index >= 15 is 0 Å². The van der Waals surface area contributed by atoms with Crippen LogP contribution in [-0.4, -0.2) is 30.6 Å². The van der Waals surface area contributed by atoms with Gasteiger partial charge in [0.1, 0.15) is 0 Å². The highest BCUT2D eigenvalue weighted by atomic mass is 15.2. The maximum absolute atomic E-state index is 5.75. The Morgan fingerprint density at radius 3 is 2.12 bits per heavy atom. The van der Waals surface area contributed by atoms with Crippen molar-refractivity contribution >= 4 is 0 Å². The molecule has 1 aliphatic rings. The maximum Gasteiger partial charge on any atom is 0.00903 e. The lowest BCUT2D eigenvalue weighted by Crippen LogP contribution is -2.41. The predicted octanol–water partition coefficient (Wildman–Crippen LogP) is 3.26. The Morgan fingerprint density at radius 1 is 1.18 bits per heavy atom. The van der Waals surface area contributed by atoms with Crippen molar-refractivity contribution < 1.29 is 0 Å². The molecule has 17 heavy (non-hydrogen) atoms. The second kappa shape index (κ2) is 6.75. The molecule has 1 fully saturated rings. The normalized spacial score (nSPS) is 18.4. The third-order valence-electron chi connectivity index (χ3n) is 4.23. The minimum absolute atomic E-state index is 0.590. The molecule has 0 aromatic heterocycles. The zero-order valence-corrected chi connectivity index (χ0v) is 12.3. The van der Waals surface area contributed by atoms with Crippen LogP contribution in [0.2, 0.25) is 0 Å². The van der Waals surface area contributed by atoms with Crippen LogP contribution in [-0.2, 0) is 0 Å². The summed E-state index contributed by atoms with van der Waals surface area (Å²) in [6.45, 7) is 12.7. The highest BCUT2D eigenvalue weighted by Crippen LogP contribution is 2.49. The van der Waals surface area contributed by atoms with E-state index in [9.17, 15) is 0 Å². The SMILES string of the molecule is CCC(CC)N(CC(C)C)CC1(CCN)CC1. The van der Waals surface area contributed by atoms with Gasteiger partial charge in [-0.05, 0) is 50.0 Å². The van der Waals surface area contributed by atoms with Crippen molar-refractivity contribution in [3.63, 3.8) is 0 Å². The van der Waals surface area contributed by atoms with Gasteiger partial charge in [-0.25, -0.2) is 0 Å². The molecule has 0 aromatic rings. The minimum atomic E-state index is 0.590. The summed E-state index contributed by atoms with van der Waals surface area (Å²) in [5, 5.41) is 0. The van der Waals surface area contributed by atoms with E-state index in [2.05, 4.69) is 32.6 Å². The van der Waals surface area contributed by atoms with Gasteiger partial charge in [-0.15, -0.1) is 0 Å². The van der Waals surface area contributed by atoms with Crippen molar-refractivity contribution in [2.75, 3.05) is 19.6 Å². The van der Waals surface area contributed by atoms with Crippen molar-refractivity contribution in [2.24, 2.45) is 17.1 Å². The Morgan fingerprint density at radius 2 is 1.76 bits per heavy atom. The molecular weight excluding hydrogens is 208 g/mol. The molecule has 0 atom stereocenters. The van der Waals surface area contributed by atoms with Crippen molar-refractivity contribution in [3.05, 3.63) is 0 Å². The highest BCUT2D eigenvalue weighted by molar-refractivity contribution is 4.96. The van der Waals surface area contributed by atoms with E-state index in [0.717, 1.165) is 18.5 Å². The summed E-state index contributed by atoms with van der Waals surface area (Å²) in [5.41, 5.74) is 6.34. The monoisotopic (exact) mass is 240 g/mol. The smallest absolute Gasteiger partial charge is 0.00903 e. The third-order valence-corrected chi connectivity index (χ3v) is 4.23. The molecule has 2 heteroatoms. The second-order valence-electron chi connectivity index (χ2n) is 6.33. The molecule has 0 aromatic carbocycles. The van der Waals surface area contributed by atoms with Gasteiger partial charge in [-0.3, -0.25) is 4.90 Å². The summed E-state index contributed by atoms with van der Waals surface area (Å²) in [7, 11) is 0. The molecule has 0 aliphatic heterocycles. The molecule has 1 rings (SSSR count). The van der Waals surface area contributed by atoms with Crippen molar-refractivity contribution in [1.29, 1.82) is 0 Å². The predicted molar refractivity (Wildman–Crippen MR) is 76.1 cm³/mol. The first-order valence-corrected chi connectivity index (χ1v) is 7.51. The Bertz CT molecular complexity index is 205. The van der Waals surface area contributed by atoms with Crippen molar-refractivity contribution in [1.82, 2.24) is 4.90 Å². The van der Waals surface area contributed by atoms with Crippen LogP contribution >= 0.6 is 0 Å². The average molecular weight is 240 g/mol. The lowest BCUT2D eigenvalue weighted by Gasteiger charge is -2.35. The summed E-state index contributed by atoms with van der Waals surface area (Å²) in [5.74, 6) is 0.768. The van der Waals surface area contributed by atoms with Gasteiger partial charge in [0, 0.05) is 19.1 Å². The number of rotatable bonds is 9. The van der Waals surface area contributed by atoms with Gasteiger partial charge in [0.2, 0.25) is 0 Å². The van der Waals surface area contributed by atoms with Crippen LogP contribution in [0.4, 0.5) is 0 Å². The zero-order valence-electron chi connectivity index (χ0n) is 12.3. The van der Waals surface area contributed by atoms with E-state index in [-0.39, 0.29) is 0 Å². The fourth-order valence-electron chi connectivity index (χ4n) is 3.02. The number of hydrogen-bond acceptors (Lipinski definition) is 2. The van der Waals surface area contributed by atoms with Crippen molar-refractivity contribution in [3.8, 4) is 0 Å². The molecular formula is C15H32N2. The van der Waals surface area contributed by atoms with Crippen LogP contribution in [0.1, 0.15) is 59.8 Å². The Kier molecular flexibility index (Phi) is 5.94. The molecule has 0 saturated heterocycles. The number of nitrogens with two attached hydrogens (primary N) is 1. The molecule has 0 spiro atoms. The van der Waals surface area contributed by atoms with Gasteiger partial charge in [0.15, 0.2) is 0 Å². The van der Waals surface area contributed by atoms with Gasteiger partial charge in [-0.2, -0.15) is 0 Å². The first-order chi connectivity index (χ1) is 8.06. The summed E-state index contributed by atoms with van der Waals surface area (Å²) >= 11 is 0. The molecule has 1 saturated carbocycles. The lowest BCUT2D eigenvalue weighted by molar-refractivity contribution is 0.130. The van der Waals surface area contributed by atoms with Gasteiger partial charge in [0.05, 0.1) is 0 Å². The topological polar surface area (TPSA) is 29.3 Å². The standard InChI is InChI=1S/C15H32N2/c1-5-14(6-2)17(11-13(3)4)12-15(7-8-15)9-10-16/h13-14H,5-12,16H2,1-4H3. The quantitative estimate of drug-likeness (QED) is 0.670. The first kappa shape index (κ1) is 15.0. The summed E-state index contributed by atoms with van der Waals surface area (Å²) in [4.78, 5) is 2.74. The van der Waals surface area contributed by atoms with Crippen LogP contribution in [0.25, 0.3) is 0 Å². The molecule has 1 aliphatic carbocycles. The summed E-state index contributed by atoms with van der Waals surface area (Å²) < 4.78 is 0. The van der Waals surface area contributed by atoms with Crippen LogP contribution in [0.3, 0.4) is 0 Å². The van der Waals surface area contributed by atoms with Gasteiger partial charge in [-0.1, -0.05) is 27.7 Å². The summed E-state index contributed by atoms with van der Waals surface area (Å²) in [6, 6.07) is 0.771. The number of hydrogen-bond donors (Lipinski definition) is 1. The Hall–Kier alpha value is -0.0800. The van der Waals surface area contributed by atoms with E-state index in [1.807, 2.05) is 0 Å². The molecule has 2 nitrogen and oxygen atoms in total. The van der Waals surface area contributed by atoms with Gasteiger partial charge in [0.25, 0.3) is 0 Å². The van der Waals surface area contributed by atoms with Crippen molar-refractivity contribution in [2.45, 2.75) is 65.8 Å². The molecule has 0 bridgehead atoms. The van der Waals surface area contributed by atoms with E-state index in [4.69, 9.17) is 5.73 Å². The Labute approximate surface area is 108 Å². The van der Waals surface area contributed by atoms with Crippen LogP contribution < -0.4 is 5.73 Å². The van der Waals surface area contributed by atoms with Gasteiger partial charge >= 0.3 is 0 Å². The molecule has 0 heterocycles. The largest absolute Gasteiger partial charge is 0.330 e. The molecule has 2 N–H and O–H groups in total. The fourth-order valence-corrected chi connectivity index (χ4v) is 3.02. The Balaban J connectivity index is 2.56. The minimum Gasteiger partial charge on any atom is -0.330 e. The van der Waals surface area contributed by atoms with Crippen LogP contribution in [0.15, 0.2) is 0 Å². The van der Waals surface area contributed by atoms with E-state index in [1.54, 1.807) is 0 Å². The first-order valence-electron chi connectivity index (χ1n) is 7.51. The van der Waals surface area contributed by atoms with Crippen LogP contribution in [0, 0.1) is 11.3 Å². The second-order valence-corrected chi connectivity index (χ2v) is 6.33. The molecule has 0 amide bonds. The lowest BCUT2D eigenvalue weighted by atomic mass is 9.98. The van der Waals surface area contributed by atoms with E-state index in [0.29, 0.717) is 5.41 Å². The average Bonchev–Trinajstić information content (AvgIpc) is 2.99.